The van der Waals surface area contributed by atoms with Gasteiger partial charge in [-0.25, -0.2) is 9.97 Å². The second-order valence-corrected chi connectivity index (χ2v) is 7.73. The molecule has 0 unspecified atom stereocenters. The van der Waals surface area contributed by atoms with Crippen LogP contribution in [0.3, 0.4) is 0 Å². The summed E-state index contributed by atoms with van der Waals surface area (Å²) in [4.78, 5) is 16.0. The Kier molecular flexibility index (Phi) is 4.77. The molecular weight excluding hydrogens is 362 g/mol. The van der Waals surface area contributed by atoms with Crippen molar-refractivity contribution in [3.05, 3.63) is 72.1 Å². The zero-order chi connectivity index (χ0) is 19.6. The Bertz CT molecular complexity index is 1120. The van der Waals surface area contributed by atoms with Crippen LogP contribution in [-0.4, -0.2) is 38.1 Å². The van der Waals surface area contributed by atoms with Gasteiger partial charge < -0.3 is 4.52 Å². The topological polar surface area (TPSA) is 67.9 Å². The fourth-order valence-electron chi connectivity index (χ4n) is 4.05. The summed E-state index contributed by atoms with van der Waals surface area (Å²) >= 11 is 0. The summed E-state index contributed by atoms with van der Waals surface area (Å²) in [6.45, 7) is 4.87. The maximum Gasteiger partial charge on any atom is 0.159 e. The largest absolute Gasteiger partial charge is 0.360 e. The zero-order valence-electron chi connectivity index (χ0n) is 16.5. The molecule has 0 radical (unpaired) electrons. The lowest BCUT2D eigenvalue weighted by molar-refractivity contribution is 0.183. The van der Waals surface area contributed by atoms with Crippen LogP contribution >= 0.6 is 0 Å². The lowest BCUT2D eigenvalue weighted by Gasteiger charge is -2.30. The van der Waals surface area contributed by atoms with Gasteiger partial charge in [0.2, 0.25) is 0 Å². The number of likely N-dealkylation sites (tertiary alicyclic amines) is 1. The Labute approximate surface area is 169 Å². The van der Waals surface area contributed by atoms with Crippen LogP contribution in [0.25, 0.3) is 22.2 Å². The predicted molar refractivity (Wildman–Crippen MR) is 111 cm³/mol. The number of aryl methyl sites for hydroxylation is 1. The van der Waals surface area contributed by atoms with E-state index in [0.717, 1.165) is 71.8 Å². The number of hydrogen-bond donors (Lipinski definition) is 0. The Morgan fingerprint density at radius 3 is 2.62 bits per heavy atom. The molecule has 5 rings (SSSR count). The van der Waals surface area contributed by atoms with Crippen LogP contribution in [-0.2, 0) is 6.54 Å². The standard InChI is InChI=1S/C23H23N5O/c1-16-12-21(29-27-16)15-28-10-6-18(7-11-28)22-3-2-19-13-20(14-25-23(19)26-22)17-4-8-24-9-5-17/h2-5,8-9,12-14,18H,6-7,10-11,15H2,1H3. The molecule has 1 fully saturated rings. The van der Waals surface area contributed by atoms with Crippen LogP contribution in [0.5, 0.6) is 0 Å². The number of fused-ring (bicyclic) bond motifs is 1. The molecule has 0 bridgehead atoms. The van der Waals surface area contributed by atoms with Gasteiger partial charge >= 0.3 is 0 Å². The second kappa shape index (κ2) is 7.72. The number of nitrogens with zero attached hydrogens (tertiary/aromatic N) is 5. The van der Waals surface area contributed by atoms with Gasteiger partial charge in [0, 0.05) is 47.2 Å². The molecule has 1 aliphatic rings. The molecule has 146 valence electrons. The van der Waals surface area contributed by atoms with E-state index in [9.17, 15) is 0 Å². The molecule has 1 aliphatic heterocycles. The third-order valence-corrected chi connectivity index (χ3v) is 5.64. The molecule has 0 aliphatic carbocycles. The summed E-state index contributed by atoms with van der Waals surface area (Å²) in [7, 11) is 0. The molecular formula is C23H23N5O. The highest BCUT2D eigenvalue weighted by atomic mass is 16.5. The minimum absolute atomic E-state index is 0.480. The highest BCUT2D eigenvalue weighted by Crippen LogP contribution is 2.29. The highest BCUT2D eigenvalue weighted by molar-refractivity contribution is 5.80. The SMILES string of the molecule is Cc1cc(CN2CCC(c3ccc4cc(-c5ccncc5)cnc4n3)CC2)on1. The van der Waals surface area contributed by atoms with E-state index in [-0.39, 0.29) is 0 Å². The fraction of sp³-hybridized carbons (Fsp3) is 0.304. The van der Waals surface area contributed by atoms with E-state index in [2.05, 4.69) is 38.2 Å². The van der Waals surface area contributed by atoms with E-state index >= 15 is 0 Å². The van der Waals surface area contributed by atoms with Crippen LogP contribution in [0.15, 0.2) is 59.5 Å². The van der Waals surface area contributed by atoms with Crippen molar-refractivity contribution >= 4 is 11.0 Å². The van der Waals surface area contributed by atoms with Crippen LogP contribution < -0.4 is 0 Å². The van der Waals surface area contributed by atoms with E-state index in [1.54, 1.807) is 12.4 Å². The molecule has 0 spiro atoms. The number of aromatic nitrogens is 4. The summed E-state index contributed by atoms with van der Waals surface area (Å²) < 4.78 is 5.35. The minimum atomic E-state index is 0.480. The molecule has 6 heteroatoms. The third-order valence-electron chi connectivity index (χ3n) is 5.64. The maximum absolute atomic E-state index is 5.35. The first-order chi connectivity index (χ1) is 14.2. The average Bonchev–Trinajstić information content (AvgIpc) is 3.18. The van der Waals surface area contributed by atoms with Crippen molar-refractivity contribution < 1.29 is 4.52 Å². The van der Waals surface area contributed by atoms with Gasteiger partial charge in [0.1, 0.15) is 0 Å². The maximum atomic E-state index is 5.35. The molecule has 1 saturated heterocycles. The Balaban J connectivity index is 1.28. The van der Waals surface area contributed by atoms with Crippen molar-refractivity contribution in [1.82, 2.24) is 25.0 Å². The summed E-state index contributed by atoms with van der Waals surface area (Å²) in [5.74, 6) is 1.42. The highest BCUT2D eigenvalue weighted by Gasteiger charge is 2.22. The summed E-state index contributed by atoms with van der Waals surface area (Å²) in [5.41, 5.74) is 5.12. The molecule has 4 aromatic heterocycles. The molecule has 0 saturated carbocycles. The number of pyridine rings is 3. The molecule has 29 heavy (non-hydrogen) atoms. The van der Waals surface area contributed by atoms with Crippen molar-refractivity contribution in [2.45, 2.75) is 32.2 Å². The van der Waals surface area contributed by atoms with Crippen molar-refractivity contribution in [3.63, 3.8) is 0 Å². The van der Waals surface area contributed by atoms with Gasteiger partial charge in [0.05, 0.1) is 12.2 Å². The normalized spacial score (nSPS) is 15.8. The predicted octanol–water partition coefficient (Wildman–Crippen LogP) is 4.37. The lowest BCUT2D eigenvalue weighted by atomic mass is 9.92. The van der Waals surface area contributed by atoms with Crippen molar-refractivity contribution in [1.29, 1.82) is 0 Å². The van der Waals surface area contributed by atoms with Gasteiger partial charge in [-0.05, 0) is 68.8 Å². The minimum Gasteiger partial charge on any atom is -0.360 e. The Morgan fingerprint density at radius 1 is 1.03 bits per heavy atom. The first-order valence-corrected chi connectivity index (χ1v) is 10.1. The van der Waals surface area contributed by atoms with Gasteiger partial charge in [-0.1, -0.05) is 5.16 Å². The molecule has 0 atom stereocenters. The van der Waals surface area contributed by atoms with Crippen LogP contribution in [0.4, 0.5) is 0 Å². The van der Waals surface area contributed by atoms with Crippen molar-refractivity contribution in [2.24, 2.45) is 0 Å². The summed E-state index contributed by atoms with van der Waals surface area (Å²) in [6, 6.07) is 12.5. The van der Waals surface area contributed by atoms with Crippen molar-refractivity contribution in [2.75, 3.05) is 13.1 Å². The first kappa shape index (κ1) is 17.9. The second-order valence-electron chi connectivity index (χ2n) is 7.73. The first-order valence-electron chi connectivity index (χ1n) is 10.1. The molecule has 0 aromatic carbocycles. The summed E-state index contributed by atoms with van der Waals surface area (Å²) in [6.07, 6.45) is 7.70. The van der Waals surface area contributed by atoms with Gasteiger partial charge in [-0.2, -0.15) is 0 Å². The Hall–Kier alpha value is -3.12. The van der Waals surface area contributed by atoms with Gasteiger partial charge in [0.25, 0.3) is 0 Å². The van der Waals surface area contributed by atoms with Crippen LogP contribution in [0, 0.1) is 6.92 Å². The average molecular weight is 385 g/mol. The number of piperidine rings is 1. The van der Waals surface area contributed by atoms with Gasteiger partial charge in [-0.3, -0.25) is 9.88 Å². The molecule has 0 N–H and O–H groups in total. The fourth-order valence-corrected chi connectivity index (χ4v) is 4.05. The molecule has 4 aromatic rings. The quantitative estimate of drug-likeness (QED) is 0.520. The van der Waals surface area contributed by atoms with E-state index in [1.807, 2.05) is 31.3 Å². The summed E-state index contributed by atoms with van der Waals surface area (Å²) in [5, 5.41) is 5.05. The zero-order valence-corrected chi connectivity index (χ0v) is 16.5. The number of hydrogen-bond acceptors (Lipinski definition) is 6. The van der Waals surface area contributed by atoms with E-state index in [0.29, 0.717) is 5.92 Å². The van der Waals surface area contributed by atoms with E-state index < -0.39 is 0 Å². The van der Waals surface area contributed by atoms with Crippen molar-refractivity contribution in [3.8, 4) is 11.1 Å². The molecule has 6 nitrogen and oxygen atoms in total. The number of rotatable bonds is 4. The van der Waals surface area contributed by atoms with Crippen LogP contribution in [0.2, 0.25) is 0 Å². The molecule has 5 heterocycles. The monoisotopic (exact) mass is 385 g/mol. The van der Waals surface area contributed by atoms with E-state index in [4.69, 9.17) is 9.51 Å². The Morgan fingerprint density at radius 2 is 1.86 bits per heavy atom. The lowest BCUT2D eigenvalue weighted by Crippen LogP contribution is -2.32. The van der Waals surface area contributed by atoms with Gasteiger partial charge in [0.15, 0.2) is 11.4 Å². The smallest absolute Gasteiger partial charge is 0.159 e. The van der Waals surface area contributed by atoms with E-state index in [1.165, 1.54) is 0 Å². The third kappa shape index (κ3) is 3.89. The molecule has 0 amide bonds. The van der Waals surface area contributed by atoms with Crippen LogP contribution in [0.1, 0.15) is 35.9 Å². The van der Waals surface area contributed by atoms with Gasteiger partial charge in [-0.15, -0.1) is 0 Å².